The molecule has 0 aromatic rings. The molecule has 0 N–H and O–H groups in total. The first kappa shape index (κ1) is 17.2. The minimum Gasteiger partial charge on any atom is -0.377 e. The van der Waals surface area contributed by atoms with Crippen molar-refractivity contribution in [2.24, 2.45) is 0 Å². The Balaban J connectivity index is 1.50. The molecule has 2 rings (SSSR count). The van der Waals surface area contributed by atoms with Crippen LogP contribution in [0.2, 0.25) is 0 Å². The van der Waals surface area contributed by atoms with Gasteiger partial charge in [0.05, 0.1) is 25.4 Å². The summed E-state index contributed by atoms with van der Waals surface area (Å²) in [7, 11) is 0. The third-order valence-electron chi connectivity index (χ3n) is 4.93. The third kappa shape index (κ3) is 7.12. The van der Waals surface area contributed by atoms with Gasteiger partial charge in [-0.25, -0.2) is 0 Å². The van der Waals surface area contributed by atoms with Gasteiger partial charge in [0.2, 0.25) is 0 Å². The van der Waals surface area contributed by atoms with E-state index in [9.17, 15) is 0 Å². The van der Waals surface area contributed by atoms with Gasteiger partial charge < -0.3 is 9.47 Å². The summed E-state index contributed by atoms with van der Waals surface area (Å²) in [5, 5.41) is 0. The molecule has 0 heterocycles. The second kappa shape index (κ2) is 10.6. The molecule has 0 aliphatic heterocycles. The van der Waals surface area contributed by atoms with Gasteiger partial charge in [0.1, 0.15) is 0 Å². The molecule has 21 heavy (non-hydrogen) atoms. The average molecular weight is 296 g/mol. The van der Waals surface area contributed by atoms with Crippen molar-refractivity contribution < 1.29 is 9.47 Å². The maximum absolute atomic E-state index is 6.01. The fourth-order valence-electron chi connectivity index (χ4n) is 3.51. The molecule has 0 bridgehead atoms. The first-order chi connectivity index (χ1) is 10.4. The smallest absolute Gasteiger partial charge is 0.0597 e. The molecule has 2 aliphatic rings. The van der Waals surface area contributed by atoms with E-state index in [0.29, 0.717) is 12.2 Å². The number of nitrogens with zero attached hydrogens (tertiary/aromatic N) is 1. The van der Waals surface area contributed by atoms with Crippen molar-refractivity contribution in [2.75, 3.05) is 26.3 Å². The Labute approximate surface area is 131 Å². The van der Waals surface area contributed by atoms with Gasteiger partial charge in [0, 0.05) is 19.6 Å². The van der Waals surface area contributed by atoms with E-state index in [1.807, 2.05) is 0 Å². The van der Waals surface area contributed by atoms with Crippen LogP contribution in [0.5, 0.6) is 0 Å². The van der Waals surface area contributed by atoms with Gasteiger partial charge in [-0.15, -0.1) is 0 Å². The van der Waals surface area contributed by atoms with E-state index in [1.54, 1.807) is 0 Å². The molecule has 2 saturated carbocycles. The molecule has 1 radical (unpaired) electrons. The van der Waals surface area contributed by atoms with Crippen LogP contribution in [-0.4, -0.2) is 43.4 Å². The van der Waals surface area contributed by atoms with Crippen molar-refractivity contribution in [3.05, 3.63) is 6.54 Å². The monoisotopic (exact) mass is 296 g/mol. The van der Waals surface area contributed by atoms with Crippen LogP contribution in [0.15, 0.2) is 0 Å². The van der Waals surface area contributed by atoms with Crippen molar-refractivity contribution in [3.63, 3.8) is 0 Å². The van der Waals surface area contributed by atoms with Crippen LogP contribution in [0.1, 0.15) is 71.1 Å². The molecular formula is C18H34NO2. The van der Waals surface area contributed by atoms with Crippen LogP contribution in [-0.2, 0) is 9.47 Å². The van der Waals surface area contributed by atoms with Crippen molar-refractivity contribution in [1.29, 1.82) is 0 Å². The minimum atomic E-state index is 0.524. The molecular weight excluding hydrogens is 262 g/mol. The van der Waals surface area contributed by atoms with E-state index < -0.39 is 0 Å². The average Bonchev–Trinajstić information content (AvgIpc) is 2.55. The normalized spacial score (nSPS) is 22.0. The third-order valence-corrected chi connectivity index (χ3v) is 4.93. The highest BCUT2D eigenvalue weighted by molar-refractivity contribution is 4.69. The summed E-state index contributed by atoms with van der Waals surface area (Å²) in [6.07, 6.45) is 14.3. The Kier molecular flexibility index (Phi) is 8.68. The lowest BCUT2D eigenvalue weighted by Crippen LogP contribution is -2.31. The van der Waals surface area contributed by atoms with Crippen LogP contribution in [0.25, 0.3) is 0 Å². The molecule has 2 fully saturated rings. The van der Waals surface area contributed by atoms with Gasteiger partial charge in [-0.3, -0.25) is 4.90 Å². The summed E-state index contributed by atoms with van der Waals surface area (Å²) in [6.45, 7) is 8.01. The fourth-order valence-corrected chi connectivity index (χ4v) is 3.51. The maximum Gasteiger partial charge on any atom is 0.0597 e. The molecule has 0 aromatic heterocycles. The second-order valence-corrected chi connectivity index (χ2v) is 6.56. The lowest BCUT2D eigenvalue weighted by molar-refractivity contribution is 0.00243. The van der Waals surface area contributed by atoms with Crippen molar-refractivity contribution in [3.8, 4) is 0 Å². The zero-order valence-electron chi connectivity index (χ0n) is 13.9. The number of hydrogen-bond donors (Lipinski definition) is 0. The van der Waals surface area contributed by atoms with E-state index in [0.717, 1.165) is 26.3 Å². The summed E-state index contributed by atoms with van der Waals surface area (Å²) in [6, 6.07) is 0. The summed E-state index contributed by atoms with van der Waals surface area (Å²) in [4.78, 5) is 2.34. The van der Waals surface area contributed by atoms with Gasteiger partial charge in [-0.2, -0.15) is 0 Å². The quantitative estimate of drug-likeness (QED) is 0.637. The number of ether oxygens (including phenoxy) is 2. The van der Waals surface area contributed by atoms with Gasteiger partial charge in [-0.1, -0.05) is 38.5 Å². The zero-order chi connectivity index (χ0) is 14.8. The van der Waals surface area contributed by atoms with Crippen LogP contribution in [0, 0.1) is 6.54 Å². The van der Waals surface area contributed by atoms with E-state index in [2.05, 4.69) is 18.4 Å². The van der Waals surface area contributed by atoms with Crippen LogP contribution in [0.3, 0.4) is 0 Å². The summed E-state index contributed by atoms with van der Waals surface area (Å²) >= 11 is 0. The first-order valence-electron chi connectivity index (χ1n) is 9.15. The van der Waals surface area contributed by atoms with E-state index in [-0.39, 0.29) is 0 Å². The molecule has 0 saturated heterocycles. The summed E-state index contributed by atoms with van der Waals surface area (Å²) in [5.74, 6) is 0. The van der Waals surface area contributed by atoms with Gasteiger partial charge >= 0.3 is 0 Å². The van der Waals surface area contributed by atoms with E-state index in [1.165, 1.54) is 64.2 Å². The molecule has 2 aliphatic carbocycles. The Hall–Kier alpha value is -0.120. The van der Waals surface area contributed by atoms with Crippen LogP contribution in [0.4, 0.5) is 0 Å². The van der Waals surface area contributed by atoms with Crippen LogP contribution < -0.4 is 0 Å². The molecule has 0 atom stereocenters. The number of rotatable bonds is 9. The molecule has 123 valence electrons. The summed E-state index contributed by atoms with van der Waals surface area (Å²) < 4.78 is 12.0. The predicted molar refractivity (Wildman–Crippen MR) is 87.2 cm³/mol. The molecule has 0 unspecified atom stereocenters. The molecule has 0 amide bonds. The molecule has 0 aromatic carbocycles. The van der Waals surface area contributed by atoms with Gasteiger partial charge in [0.15, 0.2) is 0 Å². The van der Waals surface area contributed by atoms with E-state index in [4.69, 9.17) is 9.47 Å². The zero-order valence-corrected chi connectivity index (χ0v) is 13.9. The SMILES string of the molecule is C[CH]N(CCOC1CCCCC1)CCOC1CCCCC1. The molecule has 3 nitrogen and oxygen atoms in total. The largest absolute Gasteiger partial charge is 0.377 e. The maximum atomic E-state index is 6.01. The lowest BCUT2D eigenvalue weighted by atomic mass is 9.98. The second-order valence-electron chi connectivity index (χ2n) is 6.56. The van der Waals surface area contributed by atoms with Crippen LogP contribution >= 0.6 is 0 Å². The van der Waals surface area contributed by atoms with E-state index >= 15 is 0 Å². The topological polar surface area (TPSA) is 21.7 Å². The van der Waals surface area contributed by atoms with Crippen molar-refractivity contribution >= 4 is 0 Å². The predicted octanol–water partition coefficient (Wildman–Crippen LogP) is 4.17. The highest BCUT2D eigenvalue weighted by Gasteiger charge is 2.15. The lowest BCUT2D eigenvalue weighted by Gasteiger charge is -2.26. The Morgan fingerprint density at radius 2 is 1.19 bits per heavy atom. The van der Waals surface area contributed by atoms with Crippen molar-refractivity contribution in [2.45, 2.75) is 83.3 Å². The fraction of sp³-hybridized carbons (Fsp3) is 0.944. The standard InChI is InChI=1S/C18H34NO2/c1-2-19(13-15-20-17-9-5-3-6-10-17)14-16-21-18-11-7-4-8-12-18/h2,17-18H,3-16H2,1H3. The first-order valence-corrected chi connectivity index (χ1v) is 9.15. The molecule has 0 spiro atoms. The Bertz CT molecular complexity index is 224. The Morgan fingerprint density at radius 3 is 1.57 bits per heavy atom. The highest BCUT2D eigenvalue weighted by Crippen LogP contribution is 2.21. The number of hydrogen-bond acceptors (Lipinski definition) is 3. The minimum absolute atomic E-state index is 0.524. The van der Waals surface area contributed by atoms with Gasteiger partial charge in [-0.05, 0) is 32.6 Å². The Morgan fingerprint density at radius 1 is 0.762 bits per heavy atom. The molecule has 3 heteroatoms. The highest BCUT2D eigenvalue weighted by atomic mass is 16.5. The van der Waals surface area contributed by atoms with Crippen molar-refractivity contribution in [1.82, 2.24) is 4.90 Å². The summed E-state index contributed by atoms with van der Waals surface area (Å²) in [5.41, 5.74) is 0. The van der Waals surface area contributed by atoms with Gasteiger partial charge in [0.25, 0.3) is 0 Å².